The maximum atomic E-state index is 12.2. The predicted molar refractivity (Wildman–Crippen MR) is 108 cm³/mol. The molecule has 1 N–H and O–H groups in total. The minimum atomic E-state index is -0.316. The second-order valence-corrected chi connectivity index (χ2v) is 6.75. The SMILES string of the molecule is CCn1ncc(/C=C/C(=O)Nc2nn(Cc3ccccc3Cl)cc2Cl)c1C. The van der Waals surface area contributed by atoms with Crippen LogP contribution in [0.25, 0.3) is 6.08 Å². The molecule has 27 heavy (non-hydrogen) atoms. The monoisotopic (exact) mass is 403 g/mol. The molecular weight excluding hydrogens is 385 g/mol. The molecule has 0 bridgehead atoms. The van der Waals surface area contributed by atoms with Crippen LogP contribution >= 0.6 is 23.2 Å². The van der Waals surface area contributed by atoms with Crippen molar-refractivity contribution in [2.75, 3.05) is 5.32 Å². The number of aryl methyl sites for hydroxylation is 1. The molecular formula is C19H19Cl2N5O. The van der Waals surface area contributed by atoms with Gasteiger partial charge in [0.2, 0.25) is 5.91 Å². The largest absolute Gasteiger partial charge is 0.304 e. The van der Waals surface area contributed by atoms with Crippen molar-refractivity contribution >= 4 is 41.0 Å². The van der Waals surface area contributed by atoms with E-state index in [1.807, 2.05) is 42.8 Å². The van der Waals surface area contributed by atoms with E-state index in [0.717, 1.165) is 23.4 Å². The Morgan fingerprint density at radius 2 is 2.04 bits per heavy atom. The summed E-state index contributed by atoms with van der Waals surface area (Å²) in [5.74, 6) is -0.0112. The van der Waals surface area contributed by atoms with Gasteiger partial charge in [-0.1, -0.05) is 41.4 Å². The molecule has 0 atom stereocenters. The van der Waals surface area contributed by atoms with E-state index in [1.165, 1.54) is 6.08 Å². The Bertz CT molecular complexity index is 990. The first-order valence-electron chi connectivity index (χ1n) is 8.45. The van der Waals surface area contributed by atoms with Crippen molar-refractivity contribution in [1.29, 1.82) is 0 Å². The van der Waals surface area contributed by atoms with Crippen LogP contribution < -0.4 is 5.32 Å². The van der Waals surface area contributed by atoms with E-state index in [2.05, 4.69) is 15.5 Å². The van der Waals surface area contributed by atoms with Gasteiger partial charge in [-0.25, -0.2) is 0 Å². The summed E-state index contributed by atoms with van der Waals surface area (Å²) in [6.07, 6.45) is 6.54. The summed E-state index contributed by atoms with van der Waals surface area (Å²) in [5.41, 5.74) is 2.81. The molecule has 0 fully saturated rings. The number of amides is 1. The predicted octanol–water partition coefficient (Wildman–Crippen LogP) is 4.41. The molecule has 1 amide bonds. The van der Waals surface area contributed by atoms with Gasteiger partial charge < -0.3 is 5.32 Å². The molecule has 3 rings (SSSR count). The van der Waals surface area contributed by atoms with Crippen LogP contribution in [-0.2, 0) is 17.9 Å². The van der Waals surface area contributed by atoms with Gasteiger partial charge in [0.15, 0.2) is 5.82 Å². The highest BCUT2D eigenvalue weighted by Crippen LogP contribution is 2.22. The number of benzene rings is 1. The van der Waals surface area contributed by atoms with Crippen molar-refractivity contribution < 1.29 is 4.79 Å². The molecule has 0 unspecified atom stereocenters. The Hall–Kier alpha value is -2.57. The van der Waals surface area contributed by atoms with E-state index in [1.54, 1.807) is 23.2 Å². The summed E-state index contributed by atoms with van der Waals surface area (Å²) in [5, 5.41) is 12.3. The quantitative estimate of drug-likeness (QED) is 0.619. The number of hydrogen-bond donors (Lipinski definition) is 1. The van der Waals surface area contributed by atoms with Crippen LogP contribution in [0.3, 0.4) is 0 Å². The number of aromatic nitrogens is 4. The third-order valence-electron chi connectivity index (χ3n) is 4.10. The highest BCUT2D eigenvalue weighted by Gasteiger charge is 2.11. The minimum Gasteiger partial charge on any atom is -0.304 e. The molecule has 2 aromatic heterocycles. The number of anilines is 1. The first-order chi connectivity index (χ1) is 13.0. The molecule has 1 aromatic carbocycles. The fourth-order valence-corrected chi connectivity index (χ4v) is 3.02. The number of nitrogens with zero attached hydrogens (tertiary/aromatic N) is 4. The Kier molecular flexibility index (Phi) is 5.98. The third-order valence-corrected chi connectivity index (χ3v) is 4.75. The average molecular weight is 404 g/mol. The smallest absolute Gasteiger partial charge is 0.249 e. The van der Waals surface area contributed by atoms with Crippen molar-refractivity contribution in [3.8, 4) is 0 Å². The summed E-state index contributed by atoms with van der Waals surface area (Å²) in [4.78, 5) is 12.2. The van der Waals surface area contributed by atoms with E-state index in [9.17, 15) is 4.79 Å². The fourth-order valence-electron chi connectivity index (χ4n) is 2.63. The van der Waals surface area contributed by atoms with Crippen LogP contribution in [0.5, 0.6) is 0 Å². The molecule has 8 heteroatoms. The summed E-state index contributed by atoms with van der Waals surface area (Å²) < 4.78 is 3.50. The van der Waals surface area contributed by atoms with Crippen molar-refractivity contribution in [1.82, 2.24) is 19.6 Å². The molecule has 0 aliphatic rings. The van der Waals surface area contributed by atoms with Gasteiger partial charge in [-0.15, -0.1) is 0 Å². The average Bonchev–Trinajstić information content (AvgIpc) is 3.17. The van der Waals surface area contributed by atoms with Crippen LogP contribution in [-0.4, -0.2) is 25.5 Å². The number of nitrogens with one attached hydrogen (secondary N) is 1. The van der Waals surface area contributed by atoms with E-state index in [-0.39, 0.29) is 5.91 Å². The molecule has 0 radical (unpaired) electrons. The Labute approximate surface area is 167 Å². The van der Waals surface area contributed by atoms with Gasteiger partial charge in [-0.3, -0.25) is 14.2 Å². The highest BCUT2D eigenvalue weighted by atomic mass is 35.5. The number of carbonyl (C=O) groups excluding carboxylic acids is 1. The van der Waals surface area contributed by atoms with Gasteiger partial charge in [0.25, 0.3) is 0 Å². The summed E-state index contributed by atoms with van der Waals surface area (Å²) in [6, 6.07) is 7.50. The molecule has 0 aliphatic heterocycles. The molecule has 140 valence electrons. The first-order valence-corrected chi connectivity index (χ1v) is 9.21. The third kappa shape index (κ3) is 4.59. The normalized spacial score (nSPS) is 11.3. The Morgan fingerprint density at radius 3 is 2.74 bits per heavy atom. The van der Waals surface area contributed by atoms with Crippen LogP contribution in [0.2, 0.25) is 10.0 Å². The zero-order valence-corrected chi connectivity index (χ0v) is 16.5. The van der Waals surface area contributed by atoms with Crippen LogP contribution in [0.1, 0.15) is 23.7 Å². The maximum Gasteiger partial charge on any atom is 0.249 e. The molecule has 0 spiro atoms. The van der Waals surface area contributed by atoms with Gasteiger partial charge in [-0.05, 0) is 31.6 Å². The van der Waals surface area contributed by atoms with Gasteiger partial charge in [0, 0.05) is 35.1 Å². The molecule has 0 aliphatic carbocycles. The second-order valence-electron chi connectivity index (χ2n) is 5.94. The van der Waals surface area contributed by atoms with Gasteiger partial charge in [0.05, 0.1) is 12.7 Å². The van der Waals surface area contributed by atoms with E-state index in [0.29, 0.717) is 22.4 Å². The zero-order chi connectivity index (χ0) is 19.4. The van der Waals surface area contributed by atoms with Crippen molar-refractivity contribution in [2.24, 2.45) is 0 Å². The van der Waals surface area contributed by atoms with E-state index >= 15 is 0 Å². The lowest BCUT2D eigenvalue weighted by molar-refractivity contribution is -0.111. The van der Waals surface area contributed by atoms with Crippen LogP contribution in [0, 0.1) is 6.92 Å². The number of hydrogen-bond acceptors (Lipinski definition) is 3. The topological polar surface area (TPSA) is 64.7 Å². The van der Waals surface area contributed by atoms with Crippen LogP contribution in [0.4, 0.5) is 5.82 Å². The van der Waals surface area contributed by atoms with Gasteiger partial charge in [0.1, 0.15) is 5.02 Å². The molecule has 0 saturated carbocycles. The standard InChI is InChI=1S/C19H19Cl2N5O/c1-3-26-13(2)14(10-22-26)8-9-18(27)23-19-17(21)12-25(24-19)11-15-6-4-5-7-16(15)20/h4-10,12H,3,11H2,1-2H3,(H,23,24,27)/b9-8+. The van der Waals surface area contributed by atoms with Crippen molar-refractivity contribution in [3.05, 3.63) is 69.6 Å². The molecule has 0 saturated heterocycles. The van der Waals surface area contributed by atoms with Crippen molar-refractivity contribution in [2.45, 2.75) is 26.9 Å². The second kappa shape index (κ2) is 8.41. The maximum absolute atomic E-state index is 12.2. The number of halogens is 2. The fraction of sp³-hybridized carbons (Fsp3) is 0.211. The Morgan fingerprint density at radius 1 is 1.26 bits per heavy atom. The van der Waals surface area contributed by atoms with E-state index < -0.39 is 0 Å². The first kappa shape index (κ1) is 19.2. The Balaban J connectivity index is 1.67. The molecule has 2 heterocycles. The zero-order valence-electron chi connectivity index (χ0n) is 15.0. The van der Waals surface area contributed by atoms with Gasteiger partial charge >= 0.3 is 0 Å². The summed E-state index contributed by atoms with van der Waals surface area (Å²) >= 11 is 12.4. The number of carbonyl (C=O) groups is 1. The van der Waals surface area contributed by atoms with Crippen molar-refractivity contribution in [3.63, 3.8) is 0 Å². The number of rotatable bonds is 6. The van der Waals surface area contributed by atoms with Crippen LogP contribution in [0.15, 0.2) is 42.7 Å². The highest BCUT2D eigenvalue weighted by molar-refractivity contribution is 6.33. The van der Waals surface area contributed by atoms with E-state index in [4.69, 9.17) is 23.2 Å². The lowest BCUT2D eigenvalue weighted by Gasteiger charge is -2.04. The summed E-state index contributed by atoms with van der Waals surface area (Å²) in [7, 11) is 0. The summed E-state index contributed by atoms with van der Waals surface area (Å²) in [6.45, 7) is 5.22. The molecule has 6 nitrogen and oxygen atoms in total. The lowest BCUT2D eigenvalue weighted by atomic mass is 10.2. The minimum absolute atomic E-state index is 0.305. The van der Waals surface area contributed by atoms with Gasteiger partial charge in [-0.2, -0.15) is 10.2 Å². The molecule has 3 aromatic rings. The lowest BCUT2D eigenvalue weighted by Crippen LogP contribution is -2.09.